The van der Waals surface area contributed by atoms with Crippen molar-refractivity contribution in [3.05, 3.63) is 30.1 Å². The van der Waals surface area contributed by atoms with Crippen LogP contribution in [0.3, 0.4) is 0 Å². The van der Waals surface area contributed by atoms with Crippen molar-refractivity contribution in [2.24, 2.45) is 0 Å². The molecule has 0 aliphatic heterocycles. The summed E-state index contributed by atoms with van der Waals surface area (Å²) in [7, 11) is -2.16. The Bertz CT molecular complexity index is 485. The molecule has 16 heavy (non-hydrogen) atoms. The van der Waals surface area contributed by atoms with Crippen LogP contribution in [0.15, 0.2) is 29.2 Å². The Morgan fingerprint density at radius 1 is 1.44 bits per heavy atom. The first-order chi connectivity index (χ1) is 7.45. The summed E-state index contributed by atoms with van der Waals surface area (Å²) in [5.74, 6) is -1.29. The van der Waals surface area contributed by atoms with Gasteiger partial charge in [-0.05, 0) is 18.2 Å². The topological polar surface area (TPSA) is 63.2 Å². The monoisotopic (exact) mass is 245 g/mol. The van der Waals surface area contributed by atoms with E-state index in [1.165, 1.54) is 19.2 Å². The Morgan fingerprint density at radius 3 is 2.69 bits per heavy atom. The summed E-state index contributed by atoms with van der Waals surface area (Å²) in [5.41, 5.74) is 0. The van der Waals surface area contributed by atoms with Gasteiger partial charge in [-0.3, -0.25) is 4.79 Å². The first-order valence-corrected chi connectivity index (χ1v) is 6.30. The van der Waals surface area contributed by atoms with Crippen molar-refractivity contribution in [1.29, 1.82) is 0 Å². The lowest BCUT2D eigenvalue weighted by atomic mass is 10.4. The molecule has 0 spiro atoms. The predicted octanol–water partition coefficient (Wildman–Crippen LogP) is 0.735. The van der Waals surface area contributed by atoms with Crippen molar-refractivity contribution in [1.82, 2.24) is 5.32 Å². The zero-order valence-electron chi connectivity index (χ0n) is 8.73. The maximum absolute atomic E-state index is 12.8. The van der Waals surface area contributed by atoms with Gasteiger partial charge < -0.3 is 5.32 Å². The van der Waals surface area contributed by atoms with Crippen molar-refractivity contribution < 1.29 is 17.6 Å². The van der Waals surface area contributed by atoms with Crippen LogP contribution in [0.4, 0.5) is 4.39 Å². The van der Waals surface area contributed by atoms with Crippen molar-refractivity contribution in [3.63, 3.8) is 0 Å². The third-order valence-corrected chi connectivity index (χ3v) is 3.75. The zero-order chi connectivity index (χ0) is 12.2. The van der Waals surface area contributed by atoms with Gasteiger partial charge >= 0.3 is 0 Å². The third kappa shape index (κ3) is 3.30. The van der Waals surface area contributed by atoms with Crippen LogP contribution >= 0.6 is 0 Å². The lowest BCUT2D eigenvalue weighted by Gasteiger charge is -2.03. The highest BCUT2D eigenvalue weighted by molar-refractivity contribution is 7.91. The standard InChI is InChI=1S/C10H12FNO3S/c1-12-10(13)5-6-16(14,15)9-4-2-3-8(11)7-9/h2-4,7H,5-6H2,1H3,(H,12,13). The molecule has 1 aromatic rings. The lowest BCUT2D eigenvalue weighted by molar-refractivity contribution is -0.120. The van der Waals surface area contributed by atoms with Crippen LogP contribution in [-0.4, -0.2) is 27.1 Å². The summed E-state index contributed by atoms with van der Waals surface area (Å²) >= 11 is 0. The Labute approximate surface area is 93.4 Å². The van der Waals surface area contributed by atoms with Gasteiger partial charge in [0.2, 0.25) is 5.91 Å². The average Bonchev–Trinajstić information content (AvgIpc) is 2.26. The van der Waals surface area contributed by atoms with Gasteiger partial charge in [-0.25, -0.2) is 12.8 Å². The van der Waals surface area contributed by atoms with Crippen LogP contribution in [0.5, 0.6) is 0 Å². The molecule has 1 amide bonds. The van der Waals surface area contributed by atoms with Crippen LogP contribution in [0.1, 0.15) is 6.42 Å². The average molecular weight is 245 g/mol. The summed E-state index contributed by atoms with van der Waals surface area (Å²) in [6.07, 6.45) is -0.130. The van der Waals surface area contributed by atoms with E-state index in [1.54, 1.807) is 0 Å². The number of sulfone groups is 1. The Morgan fingerprint density at radius 2 is 2.12 bits per heavy atom. The van der Waals surface area contributed by atoms with E-state index in [-0.39, 0.29) is 23.0 Å². The molecular formula is C10H12FNO3S. The summed E-state index contributed by atoms with van der Waals surface area (Å²) in [4.78, 5) is 10.8. The van der Waals surface area contributed by atoms with Gasteiger partial charge in [0, 0.05) is 13.5 Å². The second kappa shape index (κ2) is 5.07. The molecule has 0 saturated heterocycles. The molecule has 0 atom stereocenters. The second-order valence-corrected chi connectivity index (χ2v) is 5.31. The van der Waals surface area contributed by atoms with E-state index in [4.69, 9.17) is 0 Å². The van der Waals surface area contributed by atoms with Gasteiger partial charge in [0.15, 0.2) is 9.84 Å². The lowest BCUT2D eigenvalue weighted by Crippen LogP contribution is -2.21. The van der Waals surface area contributed by atoms with Gasteiger partial charge in [-0.15, -0.1) is 0 Å². The van der Waals surface area contributed by atoms with Crippen LogP contribution in [0.2, 0.25) is 0 Å². The number of carbonyl (C=O) groups is 1. The van der Waals surface area contributed by atoms with Crippen LogP contribution in [0, 0.1) is 5.82 Å². The van der Waals surface area contributed by atoms with Crippen molar-refractivity contribution in [2.45, 2.75) is 11.3 Å². The number of benzene rings is 1. The van der Waals surface area contributed by atoms with Crippen molar-refractivity contribution in [3.8, 4) is 0 Å². The van der Waals surface area contributed by atoms with Crippen LogP contribution < -0.4 is 5.32 Å². The minimum absolute atomic E-state index is 0.101. The summed E-state index contributed by atoms with van der Waals surface area (Å²) < 4.78 is 36.1. The molecule has 1 aromatic carbocycles. The SMILES string of the molecule is CNC(=O)CCS(=O)(=O)c1cccc(F)c1. The number of rotatable bonds is 4. The Balaban J connectivity index is 2.82. The predicted molar refractivity (Wildman–Crippen MR) is 57.1 cm³/mol. The van der Waals surface area contributed by atoms with Gasteiger partial charge in [-0.2, -0.15) is 0 Å². The number of hydrogen-bond donors (Lipinski definition) is 1. The quantitative estimate of drug-likeness (QED) is 0.850. The molecule has 0 fully saturated rings. The fourth-order valence-corrected chi connectivity index (χ4v) is 2.40. The zero-order valence-corrected chi connectivity index (χ0v) is 9.55. The normalized spacial score (nSPS) is 11.1. The van der Waals surface area contributed by atoms with E-state index in [1.807, 2.05) is 0 Å². The molecule has 1 rings (SSSR count). The number of carbonyl (C=O) groups excluding carboxylic acids is 1. The first-order valence-electron chi connectivity index (χ1n) is 4.64. The highest BCUT2D eigenvalue weighted by Gasteiger charge is 2.16. The van der Waals surface area contributed by atoms with Crippen LogP contribution in [-0.2, 0) is 14.6 Å². The molecule has 88 valence electrons. The maximum atomic E-state index is 12.8. The van der Waals surface area contributed by atoms with Gasteiger partial charge in [-0.1, -0.05) is 6.07 Å². The number of nitrogens with one attached hydrogen (secondary N) is 1. The molecule has 0 bridgehead atoms. The molecule has 6 heteroatoms. The summed E-state index contributed by atoms with van der Waals surface area (Å²) in [5, 5.41) is 2.32. The van der Waals surface area contributed by atoms with Gasteiger partial charge in [0.1, 0.15) is 5.82 Å². The van der Waals surface area contributed by atoms with E-state index in [2.05, 4.69) is 5.32 Å². The Hall–Kier alpha value is -1.43. The molecular weight excluding hydrogens is 233 g/mol. The van der Waals surface area contributed by atoms with Crippen molar-refractivity contribution in [2.75, 3.05) is 12.8 Å². The third-order valence-electron chi connectivity index (χ3n) is 2.03. The Kier molecular flexibility index (Phi) is 4.00. The molecule has 0 saturated carbocycles. The molecule has 0 aliphatic carbocycles. The number of hydrogen-bond acceptors (Lipinski definition) is 3. The van der Waals surface area contributed by atoms with Crippen molar-refractivity contribution >= 4 is 15.7 Å². The molecule has 0 heterocycles. The van der Waals surface area contributed by atoms with E-state index in [9.17, 15) is 17.6 Å². The highest BCUT2D eigenvalue weighted by Crippen LogP contribution is 2.13. The molecule has 0 unspecified atom stereocenters. The molecule has 4 nitrogen and oxygen atoms in total. The number of amides is 1. The van der Waals surface area contributed by atoms with E-state index >= 15 is 0 Å². The fraction of sp³-hybridized carbons (Fsp3) is 0.300. The highest BCUT2D eigenvalue weighted by atomic mass is 32.2. The molecule has 0 aliphatic rings. The number of halogens is 1. The molecule has 0 radical (unpaired) electrons. The van der Waals surface area contributed by atoms with Gasteiger partial charge in [0.05, 0.1) is 10.6 Å². The minimum atomic E-state index is -3.59. The summed E-state index contributed by atoms with van der Waals surface area (Å²) in [6, 6.07) is 4.74. The van der Waals surface area contributed by atoms with Crippen LogP contribution in [0.25, 0.3) is 0 Å². The van der Waals surface area contributed by atoms with E-state index < -0.39 is 15.7 Å². The minimum Gasteiger partial charge on any atom is -0.359 e. The second-order valence-electron chi connectivity index (χ2n) is 3.20. The molecule has 1 N–H and O–H groups in total. The first kappa shape index (κ1) is 12.6. The van der Waals surface area contributed by atoms with Gasteiger partial charge in [0.25, 0.3) is 0 Å². The fourth-order valence-electron chi connectivity index (χ4n) is 1.13. The smallest absolute Gasteiger partial charge is 0.220 e. The maximum Gasteiger partial charge on any atom is 0.220 e. The van der Waals surface area contributed by atoms with E-state index in [0.717, 1.165) is 12.1 Å². The molecule has 0 aromatic heterocycles. The largest absolute Gasteiger partial charge is 0.359 e. The summed E-state index contributed by atoms with van der Waals surface area (Å²) in [6.45, 7) is 0. The van der Waals surface area contributed by atoms with E-state index in [0.29, 0.717) is 0 Å².